The third-order valence-corrected chi connectivity index (χ3v) is 1.47. The van der Waals surface area contributed by atoms with E-state index in [1.54, 1.807) is 6.08 Å². The van der Waals surface area contributed by atoms with Crippen LogP contribution in [-0.4, -0.2) is 17.3 Å². The number of halogens is 1. The molecular formula is C5H11BrN4S. The molecular weight excluding hydrogens is 228 g/mol. The number of amidine groups is 1. The van der Waals surface area contributed by atoms with Gasteiger partial charge in [0.25, 0.3) is 5.17 Å². The van der Waals surface area contributed by atoms with Gasteiger partial charge in [-0.1, -0.05) is 17.8 Å². The quantitative estimate of drug-likeness (QED) is 0.152. The largest absolute Gasteiger partial charge is 1.00 e. The number of nitrogens with one attached hydrogen (secondary N) is 1. The number of hydrogen-bond donors (Lipinski definition) is 3. The Kier molecular flexibility index (Phi) is 11.3. The first-order valence-electron chi connectivity index (χ1n) is 2.65. The highest BCUT2D eigenvalue weighted by atomic mass is 79.9. The molecule has 0 amide bonds. The van der Waals surface area contributed by atoms with Crippen molar-refractivity contribution in [3.05, 3.63) is 12.7 Å². The van der Waals surface area contributed by atoms with E-state index in [9.17, 15) is 0 Å². The summed E-state index contributed by atoms with van der Waals surface area (Å²) < 4.78 is 0. The average molecular weight is 239 g/mol. The molecule has 0 saturated carbocycles. The standard InChI is InChI=1S/C5H10N4S.BrH/c1-2-3-10-5(6)8-4-9-7;/h2,4H,1,3,7H2,(H2,6,8,9);1H. The highest BCUT2D eigenvalue weighted by molar-refractivity contribution is 8.13. The lowest BCUT2D eigenvalue weighted by atomic mass is 10.8. The van der Waals surface area contributed by atoms with Crippen LogP contribution in [0.2, 0.25) is 0 Å². The van der Waals surface area contributed by atoms with Gasteiger partial charge in [0.15, 0.2) is 0 Å². The molecule has 0 heterocycles. The number of thioether (sulfide) groups is 1. The van der Waals surface area contributed by atoms with Crippen molar-refractivity contribution in [2.45, 2.75) is 0 Å². The second-order valence-corrected chi connectivity index (χ2v) is 2.45. The molecule has 0 atom stereocenters. The monoisotopic (exact) mass is 238 g/mol. The molecule has 0 bridgehead atoms. The molecule has 0 aliphatic rings. The summed E-state index contributed by atoms with van der Waals surface area (Å²) in [5.74, 6) is 5.59. The maximum absolute atomic E-state index is 5.42. The van der Waals surface area contributed by atoms with Crippen LogP contribution in [0.25, 0.3) is 0 Å². The van der Waals surface area contributed by atoms with Gasteiger partial charge in [-0.2, -0.15) is 0 Å². The summed E-state index contributed by atoms with van der Waals surface area (Å²) >= 11 is 1.43. The number of rotatable bonds is 3. The predicted octanol–water partition coefficient (Wildman–Crippen LogP) is -4.79. The minimum absolute atomic E-state index is 0. The molecule has 0 aromatic carbocycles. The lowest BCUT2D eigenvalue weighted by Gasteiger charge is -1.87. The third-order valence-electron chi connectivity index (χ3n) is 0.638. The highest BCUT2D eigenvalue weighted by Gasteiger charge is 1.91. The van der Waals surface area contributed by atoms with Crippen molar-refractivity contribution in [2.75, 3.05) is 5.75 Å². The van der Waals surface area contributed by atoms with Crippen LogP contribution in [0.1, 0.15) is 0 Å². The highest BCUT2D eigenvalue weighted by Crippen LogP contribution is 1.92. The van der Waals surface area contributed by atoms with Crippen LogP contribution < -0.4 is 33.6 Å². The van der Waals surface area contributed by atoms with Gasteiger partial charge in [0.2, 0.25) is 6.34 Å². The molecule has 11 heavy (non-hydrogen) atoms. The molecule has 0 rings (SSSR count). The minimum atomic E-state index is 0. The fraction of sp³-hybridized carbons (Fsp3) is 0.200. The molecule has 4 nitrogen and oxygen atoms in total. The molecule has 0 radical (unpaired) electrons. The topological polar surface area (TPSA) is 78.4 Å². The third kappa shape index (κ3) is 9.51. The van der Waals surface area contributed by atoms with E-state index in [1.807, 2.05) is 0 Å². The van der Waals surface area contributed by atoms with Gasteiger partial charge in [0.1, 0.15) is 0 Å². The fourth-order valence-electron chi connectivity index (χ4n) is 0.291. The zero-order chi connectivity index (χ0) is 7.82. The molecule has 64 valence electrons. The number of nitrogens with zero attached hydrogens (tertiary/aromatic N) is 1. The van der Waals surface area contributed by atoms with E-state index in [0.29, 0.717) is 5.17 Å². The normalized spacial score (nSPS) is 11.1. The van der Waals surface area contributed by atoms with Gasteiger partial charge < -0.3 is 22.7 Å². The van der Waals surface area contributed by atoms with E-state index in [-0.39, 0.29) is 17.0 Å². The first-order chi connectivity index (χ1) is 4.81. The summed E-state index contributed by atoms with van der Waals surface area (Å²) in [6.45, 7) is 3.54. The Morgan fingerprint density at radius 1 is 1.73 bits per heavy atom. The van der Waals surface area contributed by atoms with Crippen LogP contribution in [0.15, 0.2) is 17.8 Å². The van der Waals surface area contributed by atoms with Crippen LogP contribution in [-0.2, 0) is 0 Å². The van der Waals surface area contributed by atoms with E-state index < -0.39 is 0 Å². The van der Waals surface area contributed by atoms with E-state index in [0.717, 1.165) is 5.75 Å². The Bertz CT molecular complexity index is 157. The molecule has 0 aromatic rings. The first-order valence-corrected chi connectivity index (χ1v) is 3.64. The van der Waals surface area contributed by atoms with Gasteiger partial charge in [-0.25, -0.2) is 4.99 Å². The van der Waals surface area contributed by atoms with E-state index in [4.69, 9.17) is 11.6 Å². The van der Waals surface area contributed by atoms with Crippen molar-refractivity contribution in [3.63, 3.8) is 0 Å². The van der Waals surface area contributed by atoms with Crippen LogP contribution in [0.5, 0.6) is 0 Å². The Hall–Kier alpha value is -0.490. The van der Waals surface area contributed by atoms with Crippen molar-refractivity contribution in [1.82, 2.24) is 0 Å². The molecule has 0 aliphatic heterocycles. The van der Waals surface area contributed by atoms with Crippen LogP contribution in [0, 0.1) is 0 Å². The van der Waals surface area contributed by atoms with Gasteiger partial charge in [-0.05, 0) is 5.10 Å². The van der Waals surface area contributed by atoms with Crippen molar-refractivity contribution >= 4 is 23.3 Å². The SMILES string of the molecule is C=CCSC(N)=[NH+]/C=N/N.[Br-]. The summed E-state index contributed by atoms with van der Waals surface area (Å²) in [7, 11) is 0. The molecule has 6 heteroatoms. The van der Waals surface area contributed by atoms with Crippen molar-refractivity contribution < 1.29 is 22.0 Å². The van der Waals surface area contributed by atoms with Gasteiger partial charge in [0, 0.05) is 5.75 Å². The Balaban J connectivity index is 0. The lowest BCUT2D eigenvalue weighted by Crippen LogP contribution is -3.00. The molecule has 0 saturated heterocycles. The second-order valence-electron chi connectivity index (χ2n) is 1.39. The van der Waals surface area contributed by atoms with E-state index >= 15 is 0 Å². The van der Waals surface area contributed by atoms with E-state index in [1.165, 1.54) is 18.1 Å². The zero-order valence-electron chi connectivity index (χ0n) is 5.96. The molecule has 5 N–H and O–H groups in total. The van der Waals surface area contributed by atoms with Gasteiger partial charge in [-0.3, -0.25) is 5.84 Å². The average Bonchev–Trinajstić information content (AvgIpc) is 1.97. The predicted molar refractivity (Wildman–Crippen MR) is 45.5 cm³/mol. The molecule has 0 fully saturated rings. The smallest absolute Gasteiger partial charge is 0.253 e. The summed E-state index contributed by atoms with van der Waals surface area (Å²) in [5.41, 5.74) is 5.42. The molecule has 0 spiro atoms. The maximum Gasteiger partial charge on any atom is 0.253 e. The van der Waals surface area contributed by atoms with Crippen molar-refractivity contribution in [3.8, 4) is 0 Å². The van der Waals surface area contributed by atoms with Gasteiger partial charge >= 0.3 is 0 Å². The molecule has 0 aliphatic carbocycles. The number of nitrogens with two attached hydrogens (primary N) is 2. The fourth-order valence-corrected chi connectivity index (χ4v) is 0.725. The number of hydrogen-bond acceptors (Lipinski definition) is 3. The van der Waals surface area contributed by atoms with Crippen molar-refractivity contribution in [2.24, 2.45) is 16.7 Å². The summed E-state index contributed by atoms with van der Waals surface area (Å²) in [4.78, 5) is 2.66. The maximum atomic E-state index is 5.42. The van der Waals surface area contributed by atoms with E-state index in [2.05, 4.69) is 16.7 Å². The second kappa shape index (κ2) is 9.51. The minimum Gasteiger partial charge on any atom is -1.00 e. The van der Waals surface area contributed by atoms with Crippen molar-refractivity contribution in [1.29, 1.82) is 0 Å². The molecule has 0 unspecified atom stereocenters. The first kappa shape index (κ1) is 13.1. The summed E-state index contributed by atoms with van der Waals surface area (Å²) in [6.07, 6.45) is 3.09. The Morgan fingerprint density at radius 2 is 2.36 bits per heavy atom. The lowest BCUT2D eigenvalue weighted by molar-refractivity contribution is -0.301. The summed E-state index contributed by atoms with van der Waals surface area (Å²) in [5, 5.41) is 3.77. The van der Waals surface area contributed by atoms with Gasteiger partial charge in [-0.15, -0.1) is 6.58 Å². The van der Waals surface area contributed by atoms with Gasteiger partial charge in [0.05, 0.1) is 0 Å². The Morgan fingerprint density at radius 3 is 2.82 bits per heavy atom. The Labute approximate surface area is 80.6 Å². The zero-order valence-corrected chi connectivity index (χ0v) is 8.36. The van der Waals surface area contributed by atoms with Crippen LogP contribution in [0.3, 0.4) is 0 Å². The number of hydrazone groups is 1. The summed E-state index contributed by atoms with van der Waals surface area (Å²) in [6, 6.07) is 0. The molecule has 0 aromatic heterocycles. The van der Waals surface area contributed by atoms with Crippen LogP contribution >= 0.6 is 11.8 Å². The van der Waals surface area contributed by atoms with Crippen LogP contribution in [0.4, 0.5) is 0 Å².